The summed E-state index contributed by atoms with van der Waals surface area (Å²) in [6.45, 7) is 8.67. The number of amides is 1. The van der Waals surface area contributed by atoms with Crippen molar-refractivity contribution in [2.45, 2.75) is 40.3 Å². The first-order valence-electron chi connectivity index (χ1n) is 10.9. The largest absolute Gasteiger partial charge is 0.490 e. The molecule has 3 rings (SSSR count). The molecule has 3 aromatic rings. The van der Waals surface area contributed by atoms with Gasteiger partial charge in [-0.05, 0) is 69.2 Å². The minimum Gasteiger partial charge on any atom is -0.490 e. The van der Waals surface area contributed by atoms with E-state index >= 15 is 0 Å². The third-order valence-corrected chi connectivity index (χ3v) is 4.75. The lowest BCUT2D eigenvalue weighted by atomic mass is 10.1. The van der Waals surface area contributed by atoms with Gasteiger partial charge >= 0.3 is 0 Å². The molecule has 0 atom stereocenters. The van der Waals surface area contributed by atoms with Crippen molar-refractivity contribution in [2.24, 2.45) is 5.10 Å². The number of nitrogens with zero attached hydrogens (tertiary/aromatic N) is 2. The van der Waals surface area contributed by atoms with Crippen molar-refractivity contribution in [3.05, 3.63) is 93.4 Å². The number of nitrogens with one attached hydrogen (secondary N) is 1. The van der Waals surface area contributed by atoms with Crippen molar-refractivity contribution in [3.63, 3.8) is 0 Å². The number of hydrogen-bond donors (Lipinski definition) is 1. The minimum atomic E-state index is -0.570. The van der Waals surface area contributed by atoms with Crippen LogP contribution in [0.1, 0.15) is 47.8 Å². The van der Waals surface area contributed by atoms with E-state index in [0.29, 0.717) is 24.7 Å². The summed E-state index contributed by atoms with van der Waals surface area (Å²) in [4.78, 5) is 25.3. The Morgan fingerprint density at radius 2 is 1.88 bits per heavy atom. The van der Waals surface area contributed by atoms with E-state index in [1.807, 2.05) is 58.0 Å². The Morgan fingerprint density at radius 3 is 2.58 bits per heavy atom. The molecule has 172 valence electrons. The van der Waals surface area contributed by atoms with Crippen molar-refractivity contribution in [1.29, 1.82) is 0 Å². The molecule has 33 heavy (non-hydrogen) atoms. The van der Waals surface area contributed by atoms with Gasteiger partial charge in [-0.1, -0.05) is 29.8 Å². The van der Waals surface area contributed by atoms with Crippen LogP contribution in [0.2, 0.25) is 0 Å². The van der Waals surface area contributed by atoms with Gasteiger partial charge in [-0.2, -0.15) is 5.10 Å². The molecule has 1 amide bonds. The second-order valence-corrected chi connectivity index (χ2v) is 7.85. The van der Waals surface area contributed by atoms with Gasteiger partial charge in [-0.3, -0.25) is 9.59 Å². The number of rotatable bonds is 9. The summed E-state index contributed by atoms with van der Waals surface area (Å²) in [7, 11) is 0. The van der Waals surface area contributed by atoms with Crippen LogP contribution in [0.5, 0.6) is 11.5 Å². The number of carbonyl (C=O) groups excluding carboxylic acids is 1. The summed E-state index contributed by atoms with van der Waals surface area (Å²) >= 11 is 0. The maximum Gasteiger partial charge on any atom is 0.276 e. The van der Waals surface area contributed by atoms with E-state index < -0.39 is 5.91 Å². The van der Waals surface area contributed by atoms with Gasteiger partial charge in [0.1, 0.15) is 5.56 Å². The first-order chi connectivity index (χ1) is 15.9. The van der Waals surface area contributed by atoms with E-state index in [2.05, 4.69) is 10.5 Å². The van der Waals surface area contributed by atoms with E-state index in [1.165, 1.54) is 16.8 Å². The third kappa shape index (κ3) is 6.55. The Kier molecular flexibility index (Phi) is 8.02. The van der Waals surface area contributed by atoms with E-state index in [9.17, 15) is 9.59 Å². The molecule has 0 spiro atoms. The predicted octanol–water partition coefficient (Wildman–Crippen LogP) is 4.15. The molecule has 0 saturated heterocycles. The van der Waals surface area contributed by atoms with Crippen LogP contribution >= 0.6 is 0 Å². The van der Waals surface area contributed by atoms with Gasteiger partial charge < -0.3 is 14.0 Å². The molecular formula is C26H29N3O4. The highest BCUT2D eigenvalue weighted by atomic mass is 16.5. The van der Waals surface area contributed by atoms with E-state index in [0.717, 1.165) is 16.7 Å². The monoisotopic (exact) mass is 447 g/mol. The molecule has 0 aliphatic heterocycles. The van der Waals surface area contributed by atoms with Crippen LogP contribution in [-0.2, 0) is 6.54 Å². The molecule has 7 heteroatoms. The quantitative estimate of drug-likeness (QED) is 0.395. The molecule has 0 unspecified atom stereocenters. The molecule has 1 aromatic heterocycles. The zero-order valence-corrected chi connectivity index (χ0v) is 19.4. The van der Waals surface area contributed by atoms with Gasteiger partial charge in [0.2, 0.25) is 0 Å². The van der Waals surface area contributed by atoms with Crippen molar-refractivity contribution in [1.82, 2.24) is 9.99 Å². The molecule has 7 nitrogen and oxygen atoms in total. The normalized spacial score (nSPS) is 11.1. The highest BCUT2D eigenvalue weighted by Gasteiger charge is 2.12. The number of pyridine rings is 1. The Bertz CT molecular complexity index is 1180. The van der Waals surface area contributed by atoms with Crippen LogP contribution in [0.3, 0.4) is 0 Å². The highest BCUT2D eigenvalue weighted by Crippen LogP contribution is 2.28. The number of hydrazone groups is 1. The summed E-state index contributed by atoms with van der Waals surface area (Å²) in [5.41, 5.74) is 4.93. The molecule has 0 bridgehead atoms. The Labute approximate surface area is 193 Å². The molecule has 1 N–H and O–H groups in total. The Balaban J connectivity index is 1.71. The summed E-state index contributed by atoms with van der Waals surface area (Å²) < 4.78 is 12.9. The molecule has 0 aliphatic rings. The summed E-state index contributed by atoms with van der Waals surface area (Å²) in [6, 6.07) is 16.5. The first kappa shape index (κ1) is 23.8. The summed E-state index contributed by atoms with van der Waals surface area (Å²) in [5, 5.41) is 4.01. The third-order valence-electron chi connectivity index (χ3n) is 4.75. The number of aryl methyl sites for hydroxylation is 1. The van der Waals surface area contributed by atoms with Gasteiger partial charge in [0.15, 0.2) is 11.5 Å². The molecule has 1 heterocycles. The molecule has 0 fully saturated rings. The SMILES string of the molecule is CCOc1cc(/C=N\NC(=O)c2cccn(Cc3ccc(C)cc3)c2=O)ccc1OC(C)C. The molecule has 0 saturated carbocycles. The van der Waals surface area contributed by atoms with Crippen molar-refractivity contribution < 1.29 is 14.3 Å². The van der Waals surface area contributed by atoms with Crippen molar-refractivity contribution in [2.75, 3.05) is 6.61 Å². The average Bonchev–Trinajstić information content (AvgIpc) is 2.78. The molecule has 0 radical (unpaired) electrons. The van der Waals surface area contributed by atoms with Crippen LogP contribution < -0.4 is 20.5 Å². The van der Waals surface area contributed by atoms with Crippen molar-refractivity contribution in [3.8, 4) is 11.5 Å². The van der Waals surface area contributed by atoms with Gasteiger partial charge in [-0.25, -0.2) is 5.43 Å². The molecule has 0 aliphatic carbocycles. The van der Waals surface area contributed by atoms with Crippen LogP contribution in [0, 0.1) is 6.92 Å². The highest BCUT2D eigenvalue weighted by molar-refractivity contribution is 5.94. The average molecular weight is 448 g/mol. The van der Waals surface area contributed by atoms with E-state index in [4.69, 9.17) is 9.47 Å². The Hall–Kier alpha value is -3.87. The smallest absolute Gasteiger partial charge is 0.276 e. The van der Waals surface area contributed by atoms with Gasteiger partial charge in [-0.15, -0.1) is 0 Å². The Morgan fingerprint density at radius 1 is 1.12 bits per heavy atom. The number of hydrogen-bond acceptors (Lipinski definition) is 5. The fourth-order valence-electron chi connectivity index (χ4n) is 3.17. The van der Waals surface area contributed by atoms with Crippen LogP contribution in [0.15, 0.2) is 70.7 Å². The number of ether oxygens (including phenoxy) is 2. The topological polar surface area (TPSA) is 81.9 Å². The fourth-order valence-corrected chi connectivity index (χ4v) is 3.17. The zero-order valence-electron chi connectivity index (χ0n) is 19.4. The van der Waals surface area contributed by atoms with Gasteiger partial charge in [0, 0.05) is 6.20 Å². The summed E-state index contributed by atoms with van der Waals surface area (Å²) in [5.74, 6) is 0.675. The zero-order chi connectivity index (χ0) is 23.8. The number of aromatic nitrogens is 1. The lowest BCUT2D eigenvalue weighted by molar-refractivity contribution is 0.0953. The molecule has 2 aromatic carbocycles. The van der Waals surface area contributed by atoms with Crippen molar-refractivity contribution >= 4 is 12.1 Å². The number of carbonyl (C=O) groups is 1. The predicted molar refractivity (Wildman–Crippen MR) is 129 cm³/mol. The lowest BCUT2D eigenvalue weighted by Crippen LogP contribution is -2.30. The number of benzene rings is 2. The van der Waals surface area contributed by atoms with E-state index in [1.54, 1.807) is 24.4 Å². The van der Waals surface area contributed by atoms with E-state index in [-0.39, 0.29) is 17.2 Å². The van der Waals surface area contributed by atoms with Crippen LogP contribution in [0.25, 0.3) is 0 Å². The van der Waals surface area contributed by atoms with Gasteiger partial charge in [0.25, 0.3) is 11.5 Å². The maximum atomic E-state index is 12.8. The minimum absolute atomic E-state index is 0.0175. The fraction of sp³-hybridized carbons (Fsp3) is 0.269. The van der Waals surface area contributed by atoms with Gasteiger partial charge in [0.05, 0.1) is 25.5 Å². The second kappa shape index (κ2) is 11.1. The summed E-state index contributed by atoms with van der Waals surface area (Å²) in [6.07, 6.45) is 3.18. The molecular weight excluding hydrogens is 418 g/mol. The standard InChI is InChI=1S/C26H29N3O4/c1-5-32-24-15-21(12-13-23(24)33-18(2)3)16-27-28-25(30)22-7-6-14-29(26(22)31)17-20-10-8-19(4)9-11-20/h6-16,18H,5,17H2,1-4H3,(H,28,30)/b27-16-. The van der Waals surface area contributed by atoms with Crippen LogP contribution in [-0.4, -0.2) is 29.4 Å². The first-order valence-corrected chi connectivity index (χ1v) is 10.9. The second-order valence-electron chi connectivity index (χ2n) is 7.85. The maximum absolute atomic E-state index is 12.8. The lowest BCUT2D eigenvalue weighted by Gasteiger charge is -2.14. The van der Waals surface area contributed by atoms with Crippen LogP contribution in [0.4, 0.5) is 0 Å².